The fraction of sp³-hybridized carbons (Fsp3) is 0.462. The molecule has 1 fully saturated rings. The maximum absolute atomic E-state index is 12.4. The number of nitrogens with zero attached hydrogens (tertiary/aromatic N) is 2. The van der Waals surface area contributed by atoms with Crippen molar-refractivity contribution >= 4 is 17.5 Å². The highest BCUT2D eigenvalue weighted by molar-refractivity contribution is 6.10. The summed E-state index contributed by atoms with van der Waals surface area (Å²) < 4.78 is 0. The Labute approximate surface area is 106 Å². The summed E-state index contributed by atoms with van der Waals surface area (Å²) in [4.78, 5) is 29.9. The Bertz CT molecular complexity index is 493. The summed E-state index contributed by atoms with van der Waals surface area (Å²) >= 11 is 0. The normalized spacial score (nSPS) is 22.9. The van der Waals surface area contributed by atoms with Crippen LogP contribution < -0.4 is 10.2 Å². The molecule has 1 saturated heterocycles. The lowest BCUT2D eigenvalue weighted by molar-refractivity contribution is -0.136. The summed E-state index contributed by atoms with van der Waals surface area (Å²) in [5, 5.41) is 2.72. The van der Waals surface area contributed by atoms with Gasteiger partial charge in [0.05, 0.1) is 11.9 Å². The number of carbonyl (C=O) groups excluding carboxylic acids is 2. The van der Waals surface area contributed by atoms with Gasteiger partial charge in [0, 0.05) is 5.69 Å². The molecule has 1 N–H and O–H groups in total. The summed E-state index contributed by atoms with van der Waals surface area (Å²) in [5.74, 6) is -0.277. The lowest BCUT2D eigenvalue weighted by atomic mass is 9.97. The number of aromatic nitrogens is 1. The quantitative estimate of drug-likeness (QED) is 0.806. The fourth-order valence-electron chi connectivity index (χ4n) is 2.00. The maximum atomic E-state index is 12.4. The molecule has 1 aromatic rings. The molecule has 0 bridgehead atoms. The zero-order valence-corrected chi connectivity index (χ0v) is 11.0. The highest BCUT2D eigenvalue weighted by Gasteiger charge is 2.44. The third-order valence-electron chi connectivity index (χ3n) is 3.13. The number of aryl methyl sites for hydroxylation is 1. The van der Waals surface area contributed by atoms with Crippen LogP contribution in [0.4, 0.5) is 5.69 Å². The predicted octanol–water partition coefficient (Wildman–Crippen LogP) is 1.02. The Morgan fingerprint density at radius 2 is 2.00 bits per heavy atom. The minimum Gasteiger partial charge on any atom is -0.340 e. The van der Waals surface area contributed by atoms with Crippen LogP contribution in [-0.2, 0) is 9.59 Å². The van der Waals surface area contributed by atoms with Gasteiger partial charge in [-0.1, -0.05) is 0 Å². The van der Waals surface area contributed by atoms with Gasteiger partial charge in [-0.2, -0.15) is 0 Å². The van der Waals surface area contributed by atoms with Gasteiger partial charge in [0.2, 0.25) is 5.91 Å². The minimum absolute atomic E-state index is 0.125. The molecule has 2 amide bonds. The number of hydrogen-bond acceptors (Lipinski definition) is 3. The molecule has 0 aliphatic carbocycles. The topological polar surface area (TPSA) is 62.3 Å². The average molecular weight is 247 g/mol. The molecular formula is C13H17N3O2. The van der Waals surface area contributed by atoms with Crippen molar-refractivity contribution in [3.8, 4) is 0 Å². The van der Waals surface area contributed by atoms with E-state index in [0.29, 0.717) is 5.69 Å². The molecular weight excluding hydrogens is 230 g/mol. The predicted molar refractivity (Wildman–Crippen MR) is 68.1 cm³/mol. The van der Waals surface area contributed by atoms with Gasteiger partial charge in [-0.25, -0.2) is 0 Å². The van der Waals surface area contributed by atoms with Crippen LogP contribution in [0.2, 0.25) is 0 Å². The summed E-state index contributed by atoms with van der Waals surface area (Å²) in [6.07, 6.45) is 1.62. The smallest absolute Gasteiger partial charge is 0.252 e. The van der Waals surface area contributed by atoms with Crippen molar-refractivity contribution < 1.29 is 9.59 Å². The molecule has 96 valence electrons. The standard InChI is InChI=1S/C13H17N3O2/c1-8-5-6-10(7-14-8)16-9(2)11(17)15-13(3,4)12(16)18/h5-7,9H,1-4H3,(H,15,17). The van der Waals surface area contributed by atoms with Crippen LogP contribution in [0.15, 0.2) is 18.3 Å². The maximum Gasteiger partial charge on any atom is 0.252 e. The summed E-state index contributed by atoms with van der Waals surface area (Å²) in [6, 6.07) is 3.12. The lowest BCUT2D eigenvalue weighted by Gasteiger charge is -2.41. The number of piperazine rings is 1. The molecule has 1 atom stereocenters. The van der Waals surface area contributed by atoms with Crippen molar-refractivity contribution in [2.45, 2.75) is 39.3 Å². The monoisotopic (exact) mass is 247 g/mol. The Kier molecular flexibility index (Phi) is 2.84. The van der Waals surface area contributed by atoms with E-state index in [1.807, 2.05) is 19.1 Å². The molecule has 1 unspecified atom stereocenters. The molecule has 1 aromatic heterocycles. The van der Waals surface area contributed by atoms with Crippen LogP contribution in [0.5, 0.6) is 0 Å². The van der Waals surface area contributed by atoms with Crippen LogP contribution in [0.1, 0.15) is 26.5 Å². The molecule has 5 nitrogen and oxygen atoms in total. The Morgan fingerprint density at radius 3 is 2.56 bits per heavy atom. The summed E-state index contributed by atoms with van der Waals surface area (Å²) in [5.41, 5.74) is 0.648. The number of anilines is 1. The van der Waals surface area contributed by atoms with Crippen LogP contribution in [0.3, 0.4) is 0 Å². The number of amides is 2. The first-order valence-corrected chi connectivity index (χ1v) is 5.91. The SMILES string of the molecule is Cc1ccc(N2C(=O)C(C)(C)NC(=O)C2C)cn1. The van der Waals surface area contributed by atoms with E-state index in [9.17, 15) is 9.59 Å². The zero-order valence-electron chi connectivity index (χ0n) is 11.0. The molecule has 0 radical (unpaired) electrons. The molecule has 5 heteroatoms. The molecule has 0 saturated carbocycles. The number of pyridine rings is 1. The second kappa shape index (κ2) is 4.08. The van der Waals surface area contributed by atoms with E-state index in [-0.39, 0.29) is 11.8 Å². The second-order valence-corrected chi connectivity index (χ2v) is 5.12. The van der Waals surface area contributed by atoms with E-state index in [1.165, 1.54) is 4.90 Å². The van der Waals surface area contributed by atoms with Gasteiger partial charge in [0.25, 0.3) is 5.91 Å². The summed E-state index contributed by atoms with van der Waals surface area (Å²) in [6.45, 7) is 6.99. The molecule has 0 aromatic carbocycles. The van der Waals surface area contributed by atoms with Crippen LogP contribution in [0.25, 0.3) is 0 Å². The molecule has 2 rings (SSSR count). The van der Waals surface area contributed by atoms with Crippen molar-refractivity contribution in [2.24, 2.45) is 0 Å². The fourth-order valence-corrected chi connectivity index (χ4v) is 2.00. The second-order valence-electron chi connectivity index (χ2n) is 5.12. The first-order valence-electron chi connectivity index (χ1n) is 5.91. The number of nitrogens with one attached hydrogen (secondary N) is 1. The Balaban J connectivity index is 2.43. The number of rotatable bonds is 1. The van der Waals surface area contributed by atoms with E-state index >= 15 is 0 Å². The van der Waals surface area contributed by atoms with Gasteiger partial charge in [-0.15, -0.1) is 0 Å². The van der Waals surface area contributed by atoms with Crippen molar-refractivity contribution in [3.63, 3.8) is 0 Å². The first-order chi connectivity index (χ1) is 8.33. The molecule has 18 heavy (non-hydrogen) atoms. The van der Waals surface area contributed by atoms with Crippen molar-refractivity contribution in [3.05, 3.63) is 24.0 Å². The van der Waals surface area contributed by atoms with Crippen molar-refractivity contribution in [2.75, 3.05) is 4.90 Å². The highest BCUT2D eigenvalue weighted by atomic mass is 16.2. The summed E-state index contributed by atoms with van der Waals surface area (Å²) in [7, 11) is 0. The Hall–Kier alpha value is -1.91. The molecule has 1 aliphatic heterocycles. The number of carbonyl (C=O) groups is 2. The van der Waals surface area contributed by atoms with Crippen LogP contribution in [0, 0.1) is 6.92 Å². The van der Waals surface area contributed by atoms with Gasteiger partial charge in [-0.05, 0) is 39.8 Å². The van der Waals surface area contributed by atoms with Crippen LogP contribution in [-0.4, -0.2) is 28.4 Å². The van der Waals surface area contributed by atoms with Gasteiger partial charge in [0.1, 0.15) is 11.6 Å². The van der Waals surface area contributed by atoms with Crippen molar-refractivity contribution in [1.29, 1.82) is 0 Å². The first kappa shape index (κ1) is 12.5. The van der Waals surface area contributed by atoms with E-state index < -0.39 is 11.6 Å². The van der Waals surface area contributed by atoms with Crippen molar-refractivity contribution in [1.82, 2.24) is 10.3 Å². The van der Waals surface area contributed by atoms with E-state index in [4.69, 9.17) is 0 Å². The van der Waals surface area contributed by atoms with E-state index in [2.05, 4.69) is 10.3 Å². The highest BCUT2D eigenvalue weighted by Crippen LogP contribution is 2.24. The molecule has 0 spiro atoms. The Morgan fingerprint density at radius 1 is 1.33 bits per heavy atom. The third-order valence-corrected chi connectivity index (χ3v) is 3.13. The van der Waals surface area contributed by atoms with E-state index in [1.54, 1.807) is 27.0 Å². The van der Waals surface area contributed by atoms with Gasteiger partial charge >= 0.3 is 0 Å². The molecule has 1 aliphatic rings. The average Bonchev–Trinajstić information content (AvgIpc) is 2.29. The third kappa shape index (κ3) is 1.96. The van der Waals surface area contributed by atoms with Crippen LogP contribution >= 0.6 is 0 Å². The van der Waals surface area contributed by atoms with E-state index in [0.717, 1.165) is 5.69 Å². The number of hydrogen-bond donors (Lipinski definition) is 1. The van der Waals surface area contributed by atoms with Gasteiger partial charge in [0.15, 0.2) is 0 Å². The zero-order chi connectivity index (χ0) is 13.5. The van der Waals surface area contributed by atoms with Gasteiger partial charge in [-0.3, -0.25) is 19.5 Å². The molecule has 2 heterocycles. The minimum atomic E-state index is -0.880. The lowest BCUT2D eigenvalue weighted by Crippen LogP contribution is -2.67. The van der Waals surface area contributed by atoms with Gasteiger partial charge < -0.3 is 5.32 Å². The largest absolute Gasteiger partial charge is 0.340 e.